The zero-order valence-corrected chi connectivity index (χ0v) is 14.4. The number of anilines is 2. The van der Waals surface area contributed by atoms with Crippen LogP contribution in [-0.2, 0) is 6.42 Å². The van der Waals surface area contributed by atoms with Gasteiger partial charge in [-0.25, -0.2) is 9.97 Å². The fourth-order valence-electron chi connectivity index (χ4n) is 3.20. The van der Waals surface area contributed by atoms with E-state index in [1.165, 1.54) is 17.6 Å². The highest BCUT2D eigenvalue weighted by atomic mass is 16.2. The van der Waals surface area contributed by atoms with Crippen molar-refractivity contribution in [3.8, 4) is 0 Å². The van der Waals surface area contributed by atoms with Crippen molar-refractivity contribution >= 4 is 17.4 Å². The molecule has 1 aromatic carbocycles. The Hall–Kier alpha value is -2.43. The third-order valence-corrected chi connectivity index (χ3v) is 4.31. The number of rotatable bonds is 6. The minimum absolute atomic E-state index is 0.00479. The molecule has 0 aliphatic carbocycles. The minimum atomic E-state index is -0.00479. The molecule has 1 aromatic heterocycles. The van der Waals surface area contributed by atoms with Crippen LogP contribution in [-0.4, -0.2) is 40.4 Å². The average Bonchev–Trinajstić information content (AvgIpc) is 3.05. The van der Waals surface area contributed by atoms with Gasteiger partial charge in [0.15, 0.2) is 0 Å². The Bertz CT molecular complexity index is 710. The first kappa shape index (κ1) is 16.4. The molecule has 0 unspecified atom stereocenters. The van der Waals surface area contributed by atoms with E-state index in [9.17, 15) is 4.79 Å². The van der Waals surface area contributed by atoms with Crippen LogP contribution in [0.3, 0.4) is 0 Å². The van der Waals surface area contributed by atoms with E-state index in [4.69, 9.17) is 0 Å². The molecule has 0 radical (unpaired) electrons. The molecule has 24 heavy (non-hydrogen) atoms. The highest BCUT2D eigenvalue weighted by Gasteiger charge is 2.23. The van der Waals surface area contributed by atoms with Gasteiger partial charge in [0.1, 0.15) is 17.8 Å². The summed E-state index contributed by atoms with van der Waals surface area (Å²) in [6.07, 6.45) is 4.40. The van der Waals surface area contributed by atoms with Crippen LogP contribution in [0.2, 0.25) is 0 Å². The first-order chi connectivity index (χ1) is 11.7. The van der Waals surface area contributed by atoms with Crippen molar-refractivity contribution in [2.75, 3.05) is 24.5 Å². The quantitative estimate of drug-likeness (QED) is 0.817. The van der Waals surface area contributed by atoms with Crippen molar-refractivity contribution in [3.63, 3.8) is 0 Å². The van der Waals surface area contributed by atoms with Crippen molar-refractivity contribution in [3.05, 3.63) is 47.9 Å². The molecule has 2 heterocycles. The van der Waals surface area contributed by atoms with Crippen molar-refractivity contribution in [1.82, 2.24) is 14.9 Å². The van der Waals surface area contributed by atoms with Gasteiger partial charge in [0.05, 0.1) is 0 Å². The molecule has 5 nitrogen and oxygen atoms in total. The van der Waals surface area contributed by atoms with Crippen molar-refractivity contribution in [2.24, 2.45) is 0 Å². The van der Waals surface area contributed by atoms with Gasteiger partial charge in [-0.2, -0.15) is 0 Å². The highest BCUT2D eigenvalue weighted by molar-refractivity contribution is 5.93. The summed E-state index contributed by atoms with van der Waals surface area (Å²) in [5.74, 6) is 0.793. The standard InChI is InChI=1S/C19H24N4O/c1-3-10-22(11-4-2)19(24)16-13-18(21-14-20-16)23-12-9-15-7-5-6-8-17(15)23/h5-8,13-14H,3-4,9-12H2,1-2H3. The van der Waals surface area contributed by atoms with Gasteiger partial charge in [0.2, 0.25) is 0 Å². The lowest BCUT2D eigenvalue weighted by atomic mass is 10.2. The summed E-state index contributed by atoms with van der Waals surface area (Å²) >= 11 is 0. The van der Waals surface area contributed by atoms with E-state index in [0.717, 1.165) is 44.7 Å². The molecule has 1 aliphatic rings. The maximum absolute atomic E-state index is 12.8. The highest BCUT2D eigenvalue weighted by Crippen LogP contribution is 2.33. The number of amides is 1. The third kappa shape index (κ3) is 3.25. The molecule has 0 saturated carbocycles. The van der Waals surface area contributed by atoms with Crippen LogP contribution in [0.5, 0.6) is 0 Å². The SMILES string of the molecule is CCCN(CCC)C(=O)c1cc(N2CCc3ccccc32)ncn1. The topological polar surface area (TPSA) is 49.3 Å². The van der Waals surface area contributed by atoms with Crippen molar-refractivity contribution in [2.45, 2.75) is 33.1 Å². The van der Waals surface area contributed by atoms with Gasteiger partial charge < -0.3 is 9.80 Å². The van der Waals surface area contributed by atoms with Gasteiger partial charge in [-0.15, -0.1) is 0 Å². The Morgan fingerprint density at radius 3 is 2.67 bits per heavy atom. The summed E-state index contributed by atoms with van der Waals surface area (Å²) in [5, 5.41) is 0. The van der Waals surface area contributed by atoms with Gasteiger partial charge in [0.25, 0.3) is 5.91 Å². The van der Waals surface area contributed by atoms with E-state index >= 15 is 0 Å². The Morgan fingerprint density at radius 1 is 1.17 bits per heavy atom. The second-order valence-corrected chi connectivity index (χ2v) is 6.08. The molecule has 5 heteroatoms. The van der Waals surface area contributed by atoms with Gasteiger partial charge in [0, 0.05) is 31.4 Å². The number of nitrogens with zero attached hydrogens (tertiary/aromatic N) is 4. The maximum atomic E-state index is 12.8. The van der Waals surface area contributed by atoms with Gasteiger partial charge >= 0.3 is 0 Å². The number of fused-ring (bicyclic) bond motifs is 1. The van der Waals surface area contributed by atoms with E-state index < -0.39 is 0 Å². The van der Waals surface area contributed by atoms with Gasteiger partial charge in [-0.3, -0.25) is 4.79 Å². The second-order valence-electron chi connectivity index (χ2n) is 6.08. The predicted octanol–water partition coefficient (Wildman–Crippen LogP) is 3.43. The van der Waals surface area contributed by atoms with E-state index in [0.29, 0.717) is 5.69 Å². The lowest BCUT2D eigenvalue weighted by molar-refractivity contribution is 0.0749. The molecular formula is C19H24N4O. The summed E-state index contributed by atoms with van der Waals surface area (Å²) < 4.78 is 0. The number of carbonyl (C=O) groups excluding carboxylic acids is 1. The Balaban J connectivity index is 1.86. The first-order valence-electron chi connectivity index (χ1n) is 8.71. The van der Waals surface area contributed by atoms with E-state index in [1.807, 2.05) is 17.0 Å². The number of benzene rings is 1. The molecule has 0 spiro atoms. The molecule has 0 atom stereocenters. The monoisotopic (exact) mass is 324 g/mol. The summed E-state index contributed by atoms with van der Waals surface area (Å²) in [5.41, 5.74) is 2.97. The second kappa shape index (κ2) is 7.43. The number of para-hydroxylation sites is 1. The van der Waals surface area contributed by atoms with Crippen LogP contribution >= 0.6 is 0 Å². The molecule has 1 aliphatic heterocycles. The van der Waals surface area contributed by atoms with Crippen LogP contribution in [0.15, 0.2) is 36.7 Å². The van der Waals surface area contributed by atoms with E-state index in [-0.39, 0.29) is 5.91 Å². The van der Waals surface area contributed by atoms with Crippen LogP contribution in [0.25, 0.3) is 0 Å². The molecule has 0 saturated heterocycles. The number of hydrogen-bond donors (Lipinski definition) is 0. The van der Waals surface area contributed by atoms with Gasteiger partial charge in [-0.1, -0.05) is 32.0 Å². The average molecular weight is 324 g/mol. The van der Waals surface area contributed by atoms with Crippen LogP contribution < -0.4 is 4.90 Å². The molecule has 1 amide bonds. The summed E-state index contributed by atoms with van der Waals surface area (Å²) in [6, 6.07) is 10.2. The lowest BCUT2D eigenvalue weighted by Crippen LogP contribution is -2.33. The predicted molar refractivity (Wildman–Crippen MR) is 95.7 cm³/mol. The minimum Gasteiger partial charge on any atom is -0.337 e. The molecule has 0 N–H and O–H groups in total. The van der Waals surface area contributed by atoms with Crippen molar-refractivity contribution < 1.29 is 4.79 Å². The smallest absolute Gasteiger partial charge is 0.272 e. The fraction of sp³-hybridized carbons (Fsp3) is 0.421. The summed E-state index contributed by atoms with van der Waals surface area (Å²) in [7, 11) is 0. The van der Waals surface area contributed by atoms with E-state index in [2.05, 4.69) is 46.9 Å². The normalized spacial score (nSPS) is 13.0. The number of hydrogen-bond acceptors (Lipinski definition) is 4. The fourth-order valence-corrected chi connectivity index (χ4v) is 3.20. The maximum Gasteiger partial charge on any atom is 0.272 e. The molecule has 2 aromatic rings. The Morgan fingerprint density at radius 2 is 1.92 bits per heavy atom. The lowest BCUT2D eigenvalue weighted by Gasteiger charge is -2.22. The molecule has 0 bridgehead atoms. The Labute approximate surface area is 143 Å². The molecule has 0 fully saturated rings. The van der Waals surface area contributed by atoms with Crippen LogP contribution in [0.4, 0.5) is 11.5 Å². The largest absolute Gasteiger partial charge is 0.337 e. The van der Waals surface area contributed by atoms with Crippen LogP contribution in [0, 0.1) is 0 Å². The molecule has 126 valence electrons. The summed E-state index contributed by atoms with van der Waals surface area (Å²) in [6.45, 7) is 6.58. The zero-order valence-electron chi connectivity index (χ0n) is 14.4. The van der Waals surface area contributed by atoms with Crippen LogP contribution in [0.1, 0.15) is 42.7 Å². The zero-order chi connectivity index (χ0) is 16.9. The Kier molecular flexibility index (Phi) is 5.08. The number of aromatic nitrogens is 2. The molecule has 3 rings (SSSR count). The molecular weight excluding hydrogens is 300 g/mol. The number of carbonyl (C=O) groups is 1. The van der Waals surface area contributed by atoms with Gasteiger partial charge in [-0.05, 0) is 30.9 Å². The third-order valence-electron chi connectivity index (χ3n) is 4.31. The summed E-state index contributed by atoms with van der Waals surface area (Å²) in [4.78, 5) is 25.4. The van der Waals surface area contributed by atoms with Crippen molar-refractivity contribution in [1.29, 1.82) is 0 Å². The van der Waals surface area contributed by atoms with E-state index in [1.54, 1.807) is 0 Å². The first-order valence-corrected chi connectivity index (χ1v) is 8.71.